The number of carbonyl (C=O) groups excluding carboxylic acids is 1. The molecule has 0 fully saturated rings. The maximum Gasteiger partial charge on any atom is 0.224 e. The first kappa shape index (κ1) is 16.3. The second-order valence-corrected chi connectivity index (χ2v) is 5.99. The van der Waals surface area contributed by atoms with E-state index in [4.69, 9.17) is 0 Å². The van der Waals surface area contributed by atoms with E-state index in [0.29, 0.717) is 6.42 Å². The average molecular weight is 295 g/mol. The summed E-state index contributed by atoms with van der Waals surface area (Å²) in [6, 6.07) is 14.7. The van der Waals surface area contributed by atoms with Crippen molar-refractivity contribution in [1.29, 1.82) is 0 Å². The van der Waals surface area contributed by atoms with Gasteiger partial charge in [0.2, 0.25) is 5.91 Å². The Bertz CT molecular complexity index is 643. The highest BCUT2D eigenvalue weighted by atomic mass is 16.1. The molecule has 116 valence electrons. The fourth-order valence-corrected chi connectivity index (χ4v) is 2.58. The Morgan fingerprint density at radius 1 is 1.09 bits per heavy atom. The number of benzene rings is 2. The Morgan fingerprint density at radius 3 is 2.41 bits per heavy atom. The van der Waals surface area contributed by atoms with Crippen LogP contribution in [0.5, 0.6) is 0 Å². The fraction of sp³-hybridized carbons (Fsp3) is 0.350. The van der Waals surface area contributed by atoms with Crippen molar-refractivity contribution in [3.63, 3.8) is 0 Å². The summed E-state index contributed by atoms with van der Waals surface area (Å²) in [5.41, 5.74) is 5.92. The first-order chi connectivity index (χ1) is 10.5. The molecule has 1 amide bonds. The molecule has 2 aromatic rings. The molecule has 1 N–H and O–H groups in total. The molecular weight excluding hydrogens is 270 g/mol. The smallest absolute Gasteiger partial charge is 0.224 e. The molecular formula is C20H25NO. The second-order valence-electron chi connectivity index (χ2n) is 5.99. The van der Waals surface area contributed by atoms with Crippen LogP contribution in [-0.4, -0.2) is 5.91 Å². The SMILES string of the molecule is CCc1ccc([C@H](C)NC(=O)Cc2cc(C)ccc2C)cc1. The zero-order valence-electron chi connectivity index (χ0n) is 13.9. The molecule has 0 aliphatic rings. The van der Waals surface area contributed by atoms with Crippen molar-refractivity contribution in [3.8, 4) is 0 Å². The molecule has 0 saturated heterocycles. The number of carbonyl (C=O) groups is 1. The predicted octanol–water partition coefficient (Wildman–Crippen LogP) is 4.29. The molecule has 2 rings (SSSR count). The molecule has 0 aromatic heterocycles. The van der Waals surface area contributed by atoms with Gasteiger partial charge < -0.3 is 5.32 Å². The Morgan fingerprint density at radius 2 is 1.77 bits per heavy atom. The Kier molecular flexibility index (Phi) is 5.37. The number of hydrogen-bond acceptors (Lipinski definition) is 1. The third-order valence-electron chi connectivity index (χ3n) is 4.12. The Hall–Kier alpha value is -2.09. The van der Waals surface area contributed by atoms with Crippen molar-refractivity contribution in [2.75, 3.05) is 0 Å². The third kappa shape index (κ3) is 4.20. The standard InChI is InChI=1S/C20H25NO/c1-5-17-8-10-18(11-9-17)16(4)21-20(22)13-19-12-14(2)6-7-15(19)3/h6-12,16H,5,13H2,1-4H3,(H,21,22)/t16-/m0/s1. The van der Waals surface area contributed by atoms with Crippen molar-refractivity contribution >= 4 is 5.91 Å². The van der Waals surface area contributed by atoms with Gasteiger partial charge in [-0.15, -0.1) is 0 Å². The molecule has 0 aliphatic carbocycles. The zero-order valence-corrected chi connectivity index (χ0v) is 13.9. The largest absolute Gasteiger partial charge is 0.349 e. The van der Waals surface area contributed by atoms with E-state index in [-0.39, 0.29) is 11.9 Å². The van der Waals surface area contributed by atoms with Gasteiger partial charge in [0.15, 0.2) is 0 Å². The van der Waals surface area contributed by atoms with E-state index in [1.54, 1.807) is 0 Å². The maximum absolute atomic E-state index is 12.3. The van der Waals surface area contributed by atoms with Gasteiger partial charge in [0.25, 0.3) is 0 Å². The van der Waals surface area contributed by atoms with Crippen LogP contribution in [0.25, 0.3) is 0 Å². The monoisotopic (exact) mass is 295 g/mol. The van der Waals surface area contributed by atoms with Gasteiger partial charge in [-0.25, -0.2) is 0 Å². The first-order valence-electron chi connectivity index (χ1n) is 7.94. The highest BCUT2D eigenvalue weighted by molar-refractivity contribution is 5.79. The first-order valence-corrected chi connectivity index (χ1v) is 7.94. The van der Waals surface area contributed by atoms with E-state index < -0.39 is 0 Å². The summed E-state index contributed by atoms with van der Waals surface area (Å²) in [5, 5.41) is 3.09. The van der Waals surface area contributed by atoms with Crippen LogP contribution in [-0.2, 0) is 17.6 Å². The van der Waals surface area contributed by atoms with Crippen LogP contribution >= 0.6 is 0 Å². The highest BCUT2D eigenvalue weighted by Crippen LogP contribution is 2.15. The van der Waals surface area contributed by atoms with E-state index in [9.17, 15) is 4.79 Å². The average Bonchev–Trinajstić information content (AvgIpc) is 2.51. The van der Waals surface area contributed by atoms with Gasteiger partial charge in [-0.1, -0.05) is 55.0 Å². The van der Waals surface area contributed by atoms with E-state index in [2.05, 4.69) is 68.6 Å². The maximum atomic E-state index is 12.3. The summed E-state index contributed by atoms with van der Waals surface area (Å²) in [4.78, 5) is 12.3. The van der Waals surface area contributed by atoms with E-state index >= 15 is 0 Å². The quantitative estimate of drug-likeness (QED) is 0.876. The summed E-state index contributed by atoms with van der Waals surface area (Å²) < 4.78 is 0. The molecule has 2 aromatic carbocycles. The van der Waals surface area contributed by atoms with Crippen LogP contribution in [0.3, 0.4) is 0 Å². The minimum absolute atomic E-state index is 0.0310. The summed E-state index contributed by atoms with van der Waals surface area (Å²) in [6.45, 7) is 8.28. The Balaban J connectivity index is 2.00. The highest BCUT2D eigenvalue weighted by Gasteiger charge is 2.11. The fourth-order valence-electron chi connectivity index (χ4n) is 2.58. The molecule has 0 aliphatic heterocycles. The lowest BCUT2D eigenvalue weighted by atomic mass is 10.0. The molecule has 1 atom stereocenters. The number of aryl methyl sites for hydroxylation is 3. The van der Waals surface area contributed by atoms with Gasteiger partial charge in [0.05, 0.1) is 12.5 Å². The van der Waals surface area contributed by atoms with Gasteiger partial charge >= 0.3 is 0 Å². The van der Waals surface area contributed by atoms with Crippen molar-refractivity contribution in [2.45, 2.75) is 46.6 Å². The summed E-state index contributed by atoms with van der Waals surface area (Å²) >= 11 is 0. The van der Waals surface area contributed by atoms with Crippen molar-refractivity contribution in [2.24, 2.45) is 0 Å². The van der Waals surface area contributed by atoms with Crippen LogP contribution in [0.2, 0.25) is 0 Å². The van der Waals surface area contributed by atoms with Crippen molar-refractivity contribution < 1.29 is 4.79 Å². The molecule has 2 nitrogen and oxygen atoms in total. The predicted molar refractivity (Wildman–Crippen MR) is 92.0 cm³/mol. The molecule has 22 heavy (non-hydrogen) atoms. The number of amides is 1. The summed E-state index contributed by atoms with van der Waals surface area (Å²) in [6.07, 6.45) is 1.47. The van der Waals surface area contributed by atoms with Gasteiger partial charge in [-0.2, -0.15) is 0 Å². The molecule has 0 radical (unpaired) electrons. The van der Waals surface area contributed by atoms with E-state index in [1.165, 1.54) is 16.7 Å². The van der Waals surface area contributed by atoms with Crippen LogP contribution in [0.4, 0.5) is 0 Å². The van der Waals surface area contributed by atoms with Crippen LogP contribution in [0.15, 0.2) is 42.5 Å². The van der Waals surface area contributed by atoms with Crippen LogP contribution in [0.1, 0.15) is 47.7 Å². The topological polar surface area (TPSA) is 29.1 Å². The summed E-state index contributed by atoms with van der Waals surface area (Å²) in [7, 11) is 0. The number of hydrogen-bond donors (Lipinski definition) is 1. The van der Waals surface area contributed by atoms with Crippen LogP contribution < -0.4 is 5.32 Å². The van der Waals surface area contributed by atoms with Crippen LogP contribution in [0, 0.1) is 13.8 Å². The molecule has 0 heterocycles. The lowest BCUT2D eigenvalue weighted by molar-refractivity contribution is -0.121. The Labute approximate surface area is 133 Å². The normalized spacial score (nSPS) is 12.0. The molecule has 2 heteroatoms. The molecule has 0 unspecified atom stereocenters. The lowest BCUT2D eigenvalue weighted by Gasteiger charge is -2.15. The summed E-state index contributed by atoms with van der Waals surface area (Å²) in [5.74, 6) is 0.0702. The lowest BCUT2D eigenvalue weighted by Crippen LogP contribution is -2.28. The van der Waals surface area contributed by atoms with Crippen molar-refractivity contribution in [3.05, 3.63) is 70.3 Å². The minimum atomic E-state index is 0.0310. The number of nitrogens with one attached hydrogen (secondary N) is 1. The van der Waals surface area contributed by atoms with E-state index in [0.717, 1.165) is 17.5 Å². The minimum Gasteiger partial charge on any atom is -0.349 e. The molecule has 0 bridgehead atoms. The molecule has 0 spiro atoms. The molecule has 0 saturated carbocycles. The second kappa shape index (κ2) is 7.26. The zero-order chi connectivity index (χ0) is 16.1. The van der Waals surface area contributed by atoms with Gasteiger partial charge in [-0.05, 0) is 49.4 Å². The number of rotatable bonds is 5. The third-order valence-corrected chi connectivity index (χ3v) is 4.12. The van der Waals surface area contributed by atoms with Gasteiger partial charge in [0.1, 0.15) is 0 Å². The van der Waals surface area contributed by atoms with Gasteiger partial charge in [0, 0.05) is 0 Å². The van der Waals surface area contributed by atoms with Gasteiger partial charge in [-0.3, -0.25) is 4.79 Å². The van der Waals surface area contributed by atoms with E-state index in [1.807, 2.05) is 6.92 Å². The van der Waals surface area contributed by atoms with Crippen molar-refractivity contribution in [1.82, 2.24) is 5.32 Å².